The third-order valence-corrected chi connectivity index (χ3v) is 5.45. The van der Waals surface area contributed by atoms with Crippen LogP contribution in [0.1, 0.15) is 30.4 Å². The zero-order chi connectivity index (χ0) is 21.3. The molecule has 3 rings (SSSR count). The van der Waals surface area contributed by atoms with Crippen molar-refractivity contribution in [1.82, 2.24) is 10.2 Å². The highest BCUT2D eigenvalue weighted by Crippen LogP contribution is 2.19. The van der Waals surface area contributed by atoms with Crippen molar-refractivity contribution < 1.29 is 14.3 Å². The lowest BCUT2D eigenvalue weighted by Gasteiger charge is -2.32. The van der Waals surface area contributed by atoms with E-state index in [1.54, 1.807) is 12.0 Å². The summed E-state index contributed by atoms with van der Waals surface area (Å²) in [5.74, 6) is 0.737. The quantitative estimate of drug-likeness (QED) is 0.679. The summed E-state index contributed by atoms with van der Waals surface area (Å²) in [5.41, 5.74) is 3.10. The minimum Gasteiger partial charge on any atom is -0.497 e. The van der Waals surface area contributed by atoms with Gasteiger partial charge in [0.05, 0.1) is 13.0 Å². The number of nitrogens with one attached hydrogen (secondary N) is 2. The lowest BCUT2D eigenvalue weighted by atomic mass is 9.97. The van der Waals surface area contributed by atoms with Crippen molar-refractivity contribution in [1.29, 1.82) is 0 Å². The summed E-state index contributed by atoms with van der Waals surface area (Å²) < 4.78 is 5.17. The Bertz CT molecular complexity index is 851. The van der Waals surface area contributed by atoms with Crippen LogP contribution < -0.4 is 15.4 Å². The van der Waals surface area contributed by atoms with E-state index in [1.165, 1.54) is 5.56 Å². The molecule has 30 heavy (non-hydrogen) atoms. The van der Waals surface area contributed by atoms with Gasteiger partial charge in [-0.1, -0.05) is 24.3 Å². The van der Waals surface area contributed by atoms with E-state index in [4.69, 9.17) is 4.74 Å². The van der Waals surface area contributed by atoms with Crippen LogP contribution in [0, 0.1) is 12.8 Å². The standard InChI is InChI=1S/C24H31N3O3/c1-18-6-3-9-21(16-18)26-24(29)27-15-5-8-20(17-27)23(28)25-14-4-7-19-10-12-22(30-2)13-11-19/h3,6,9-13,16,20H,4-5,7-8,14-15,17H2,1-2H3,(H,25,28)(H,26,29). The highest BCUT2D eigenvalue weighted by molar-refractivity contribution is 5.90. The van der Waals surface area contributed by atoms with Crippen molar-refractivity contribution in [2.45, 2.75) is 32.6 Å². The number of hydrogen-bond donors (Lipinski definition) is 2. The molecule has 6 heteroatoms. The van der Waals surface area contributed by atoms with Gasteiger partial charge in [0.2, 0.25) is 5.91 Å². The fourth-order valence-electron chi connectivity index (χ4n) is 3.74. The zero-order valence-electron chi connectivity index (χ0n) is 17.8. The molecule has 1 atom stereocenters. The molecule has 0 bridgehead atoms. The summed E-state index contributed by atoms with van der Waals surface area (Å²) in [5, 5.41) is 5.98. The number of carbonyl (C=O) groups is 2. The van der Waals surface area contributed by atoms with Gasteiger partial charge in [-0.3, -0.25) is 4.79 Å². The Labute approximate surface area is 178 Å². The van der Waals surface area contributed by atoms with Crippen molar-refractivity contribution in [2.24, 2.45) is 5.92 Å². The molecule has 160 valence electrons. The summed E-state index contributed by atoms with van der Waals surface area (Å²) in [6.45, 7) is 3.77. The highest BCUT2D eigenvalue weighted by atomic mass is 16.5. The first kappa shape index (κ1) is 21.7. The monoisotopic (exact) mass is 409 g/mol. The van der Waals surface area contributed by atoms with Crippen LogP contribution in [0.4, 0.5) is 10.5 Å². The first-order valence-electron chi connectivity index (χ1n) is 10.6. The van der Waals surface area contributed by atoms with Gasteiger partial charge in [-0.15, -0.1) is 0 Å². The molecule has 1 aliphatic rings. The van der Waals surface area contributed by atoms with E-state index < -0.39 is 0 Å². The number of aryl methyl sites for hydroxylation is 2. The molecule has 1 aliphatic heterocycles. The Morgan fingerprint density at radius 1 is 1.17 bits per heavy atom. The average Bonchev–Trinajstić information content (AvgIpc) is 2.77. The second-order valence-corrected chi connectivity index (χ2v) is 7.83. The fourth-order valence-corrected chi connectivity index (χ4v) is 3.74. The summed E-state index contributed by atoms with van der Waals surface area (Å²) >= 11 is 0. The number of urea groups is 1. The number of nitrogens with zero attached hydrogens (tertiary/aromatic N) is 1. The molecule has 2 aromatic rings. The molecule has 1 heterocycles. The number of amides is 3. The van der Waals surface area contributed by atoms with Gasteiger partial charge in [0.15, 0.2) is 0 Å². The van der Waals surface area contributed by atoms with Gasteiger partial charge >= 0.3 is 6.03 Å². The summed E-state index contributed by atoms with van der Waals surface area (Å²) in [4.78, 5) is 26.9. The van der Waals surface area contributed by atoms with Gasteiger partial charge in [-0.25, -0.2) is 4.79 Å². The number of hydrogen-bond acceptors (Lipinski definition) is 3. The molecule has 0 aromatic heterocycles. The average molecular weight is 410 g/mol. The molecule has 1 fully saturated rings. The van der Waals surface area contributed by atoms with E-state index in [0.717, 1.165) is 42.7 Å². The van der Waals surface area contributed by atoms with Gasteiger partial charge in [0.1, 0.15) is 5.75 Å². The van der Waals surface area contributed by atoms with E-state index >= 15 is 0 Å². The zero-order valence-corrected chi connectivity index (χ0v) is 17.8. The summed E-state index contributed by atoms with van der Waals surface area (Å²) in [6.07, 6.45) is 3.44. The smallest absolute Gasteiger partial charge is 0.321 e. The number of rotatable bonds is 7. The largest absolute Gasteiger partial charge is 0.497 e. The van der Waals surface area contributed by atoms with E-state index in [-0.39, 0.29) is 17.9 Å². The number of piperidine rings is 1. The number of benzene rings is 2. The highest BCUT2D eigenvalue weighted by Gasteiger charge is 2.28. The Morgan fingerprint density at radius 2 is 1.97 bits per heavy atom. The second kappa shape index (κ2) is 10.7. The molecule has 6 nitrogen and oxygen atoms in total. The van der Waals surface area contributed by atoms with Crippen LogP contribution in [-0.2, 0) is 11.2 Å². The molecule has 1 saturated heterocycles. The molecule has 0 radical (unpaired) electrons. The Morgan fingerprint density at radius 3 is 2.70 bits per heavy atom. The maximum Gasteiger partial charge on any atom is 0.321 e. The van der Waals surface area contributed by atoms with E-state index in [0.29, 0.717) is 19.6 Å². The molecule has 0 aliphatic carbocycles. The van der Waals surface area contributed by atoms with Gasteiger partial charge < -0.3 is 20.3 Å². The molecule has 2 N–H and O–H groups in total. The number of likely N-dealkylation sites (tertiary alicyclic amines) is 1. The first-order chi connectivity index (χ1) is 14.5. The van der Waals surface area contributed by atoms with Crippen LogP contribution in [0.15, 0.2) is 48.5 Å². The van der Waals surface area contributed by atoms with Gasteiger partial charge in [-0.05, 0) is 68.0 Å². The predicted molar refractivity (Wildman–Crippen MR) is 119 cm³/mol. The second-order valence-electron chi connectivity index (χ2n) is 7.83. The fraction of sp³-hybridized carbons (Fsp3) is 0.417. The van der Waals surface area contributed by atoms with Crippen LogP contribution in [-0.4, -0.2) is 43.6 Å². The topological polar surface area (TPSA) is 70.7 Å². The normalized spacial score (nSPS) is 16.1. The van der Waals surface area contributed by atoms with Crippen LogP contribution in [0.3, 0.4) is 0 Å². The van der Waals surface area contributed by atoms with Crippen molar-refractivity contribution in [2.75, 3.05) is 32.1 Å². The van der Waals surface area contributed by atoms with Gasteiger partial charge in [0.25, 0.3) is 0 Å². The number of anilines is 1. The van der Waals surface area contributed by atoms with Crippen molar-refractivity contribution in [3.63, 3.8) is 0 Å². The van der Waals surface area contributed by atoms with E-state index in [9.17, 15) is 9.59 Å². The maximum atomic E-state index is 12.6. The molecular formula is C24H31N3O3. The van der Waals surface area contributed by atoms with Gasteiger partial charge in [-0.2, -0.15) is 0 Å². The SMILES string of the molecule is COc1ccc(CCCNC(=O)C2CCCN(C(=O)Nc3cccc(C)c3)C2)cc1. The van der Waals surface area contributed by atoms with E-state index in [1.807, 2.05) is 55.5 Å². The van der Waals surface area contributed by atoms with Crippen molar-refractivity contribution >= 4 is 17.6 Å². The molecule has 1 unspecified atom stereocenters. The third-order valence-electron chi connectivity index (χ3n) is 5.45. The number of carbonyl (C=O) groups excluding carboxylic acids is 2. The maximum absolute atomic E-state index is 12.6. The molecular weight excluding hydrogens is 378 g/mol. The van der Waals surface area contributed by atoms with E-state index in [2.05, 4.69) is 10.6 Å². The van der Waals surface area contributed by atoms with Crippen LogP contribution in [0.5, 0.6) is 5.75 Å². The van der Waals surface area contributed by atoms with Crippen LogP contribution in [0.2, 0.25) is 0 Å². The van der Waals surface area contributed by atoms with Crippen LogP contribution in [0.25, 0.3) is 0 Å². The number of methoxy groups -OCH3 is 1. The third kappa shape index (κ3) is 6.24. The Kier molecular flexibility index (Phi) is 7.71. The van der Waals surface area contributed by atoms with Gasteiger partial charge in [0, 0.05) is 25.3 Å². The van der Waals surface area contributed by atoms with Crippen LogP contribution >= 0.6 is 0 Å². The Hall–Kier alpha value is -3.02. The molecule has 3 amide bonds. The lowest BCUT2D eigenvalue weighted by Crippen LogP contribution is -2.47. The summed E-state index contributed by atoms with van der Waals surface area (Å²) in [7, 11) is 1.66. The predicted octanol–water partition coefficient (Wildman–Crippen LogP) is 4.00. The molecule has 2 aromatic carbocycles. The minimum absolute atomic E-state index is 0.0396. The number of ether oxygens (including phenoxy) is 1. The molecule has 0 saturated carbocycles. The Balaban J connectivity index is 1.41. The molecule has 0 spiro atoms. The minimum atomic E-state index is -0.150. The lowest BCUT2D eigenvalue weighted by molar-refractivity contribution is -0.126. The van der Waals surface area contributed by atoms with Crippen molar-refractivity contribution in [3.8, 4) is 5.75 Å². The first-order valence-corrected chi connectivity index (χ1v) is 10.6. The van der Waals surface area contributed by atoms with Crippen molar-refractivity contribution in [3.05, 3.63) is 59.7 Å². The summed E-state index contributed by atoms with van der Waals surface area (Å²) in [6, 6.07) is 15.6.